The predicted molar refractivity (Wildman–Crippen MR) is 71.3 cm³/mol. The molecular weight excluding hydrogens is 248 g/mol. The largest absolute Gasteiger partial charge is 0.384 e. The van der Waals surface area contributed by atoms with Crippen molar-refractivity contribution in [2.24, 2.45) is 0 Å². The first kappa shape index (κ1) is 12.5. The molecule has 2 N–H and O–H groups in total. The number of carbonyl (C=O) groups excluding carboxylic acids is 1. The fraction of sp³-hybridized carbons (Fsp3) is 0.250. The summed E-state index contributed by atoms with van der Waals surface area (Å²) in [5.74, 6) is 0.278. The summed E-state index contributed by atoms with van der Waals surface area (Å²) in [5, 5.41) is 1.93. The van der Waals surface area contributed by atoms with Crippen LogP contribution in [0.3, 0.4) is 0 Å². The molecule has 0 aliphatic carbocycles. The number of hydrogen-bond acceptors (Lipinski definition) is 5. The summed E-state index contributed by atoms with van der Waals surface area (Å²) in [6.45, 7) is 2.30. The molecule has 2 aromatic heterocycles. The van der Waals surface area contributed by atoms with Gasteiger partial charge in [0.25, 0.3) is 5.91 Å². The zero-order valence-electron chi connectivity index (χ0n) is 10.3. The third-order valence-corrected chi connectivity index (χ3v) is 3.08. The van der Waals surface area contributed by atoms with E-state index < -0.39 is 0 Å². The molecule has 5 nitrogen and oxygen atoms in total. The number of carbonyl (C=O) groups is 1. The lowest BCUT2D eigenvalue weighted by Gasteiger charge is -2.16. The Balaban J connectivity index is 2.15. The van der Waals surface area contributed by atoms with Crippen molar-refractivity contribution in [2.75, 3.05) is 12.8 Å². The average Bonchev–Trinajstić information content (AvgIpc) is 2.79. The highest BCUT2D eigenvalue weighted by molar-refractivity contribution is 7.07. The van der Waals surface area contributed by atoms with Crippen LogP contribution in [0, 0.1) is 6.92 Å². The van der Waals surface area contributed by atoms with Crippen LogP contribution in [-0.4, -0.2) is 27.8 Å². The Morgan fingerprint density at radius 3 is 2.89 bits per heavy atom. The van der Waals surface area contributed by atoms with Gasteiger partial charge in [-0.05, 0) is 19.1 Å². The predicted octanol–water partition coefficient (Wildman–Crippen LogP) is 1.70. The number of amides is 1. The number of nitrogens with two attached hydrogens (primary N) is 1. The second-order valence-corrected chi connectivity index (χ2v) is 4.78. The third kappa shape index (κ3) is 2.84. The van der Waals surface area contributed by atoms with E-state index in [1.165, 1.54) is 11.3 Å². The molecule has 0 fully saturated rings. The topological polar surface area (TPSA) is 72.1 Å². The molecule has 6 heteroatoms. The fourth-order valence-corrected chi connectivity index (χ4v) is 2.22. The van der Waals surface area contributed by atoms with Gasteiger partial charge >= 0.3 is 0 Å². The van der Waals surface area contributed by atoms with E-state index in [0.29, 0.717) is 17.9 Å². The van der Waals surface area contributed by atoms with Crippen molar-refractivity contribution in [3.63, 3.8) is 0 Å². The van der Waals surface area contributed by atoms with Gasteiger partial charge in [0, 0.05) is 23.7 Å². The molecule has 0 spiro atoms. The molecule has 0 atom stereocenters. The molecule has 2 aromatic rings. The van der Waals surface area contributed by atoms with Gasteiger partial charge in [-0.15, -0.1) is 11.3 Å². The van der Waals surface area contributed by atoms with E-state index in [9.17, 15) is 4.79 Å². The molecule has 0 aromatic carbocycles. The maximum absolute atomic E-state index is 12.2. The van der Waals surface area contributed by atoms with Crippen LogP contribution in [0.15, 0.2) is 23.0 Å². The van der Waals surface area contributed by atoms with E-state index in [2.05, 4.69) is 9.97 Å². The van der Waals surface area contributed by atoms with Crippen LogP contribution in [0.25, 0.3) is 0 Å². The van der Waals surface area contributed by atoms with Gasteiger partial charge in [-0.3, -0.25) is 4.79 Å². The minimum Gasteiger partial charge on any atom is -0.384 e. The van der Waals surface area contributed by atoms with Crippen molar-refractivity contribution in [1.29, 1.82) is 0 Å². The second-order valence-electron chi connectivity index (χ2n) is 4.06. The van der Waals surface area contributed by atoms with Crippen LogP contribution in [-0.2, 0) is 6.54 Å². The molecule has 0 saturated heterocycles. The normalized spacial score (nSPS) is 10.3. The number of hydrogen-bond donors (Lipinski definition) is 1. The summed E-state index contributed by atoms with van der Waals surface area (Å²) in [5.41, 5.74) is 9.57. The van der Waals surface area contributed by atoms with Crippen molar-refractivity contribution in [3.05, 3.63) is 40.0 Å². The first-order chi connectivity index (χ1) is 8.56. The number of anilines is 1. The molecule has 2 rings (SSSR count). The maximum atomic E-state index is 12.2. The van der Waals surface area contributed by atoms with Gasteiger partial charge in [0.15, 0.2) is 0 Å². The number of nitrogens with zero attached hydrogens (tertiary/aromatic N) is 3. The smallest absolute Gasteiger partial charge is 0.254 e. The minimum atomic E-state index is -0.0831. The van der Waals surface area contributed by atoms with Crippen molar-refractivity contribution < 1.29 is 4.79 Å². The Bertz CT molecular complexity index is 533. The lowest BCUT2D eigenvalue weighted by Crippen LogP contribution is -2.26. The molecule has 1 amide bonds. The van der Waals surface area contributed by atoms with E-state index in [4.69, 9.17) is 5.73 Å². The number of thiazole rings is 1. The quantitative estimate of drug-likeness (QED) is 0.913. The summed E-state index contributed by atoms with van der Waals surface area (Å²) >= 11 is 1.51. The van der Waals surface area contributed by atoms with Crippen LogP contribution in [0.2, 0.25) is 0 Å². The first-order valence-corrected chi connectivity index (χ1v) is 6.37. The van der Waals surface area contributed by atoms with Crippen LogP contribution >= 0.6 is 11.3 Å². The number of nitrogen functional groups attached to an aromatic ring is 1. The summed E-state index contributed by atoms with van der Waals surface area (Å²) in [6, 6.07) is 3.32. The van der Waals surface area contributed by atoms with Gasteiger partial charge in [0.2, 0.25) is 0 Å². The van der Waals surface area contributed by atoms with Gasteiger partial charge in [-0.2, -0.15) is 0 Å². The molecule has 0 unspecified atom stereocenters. The Morgan fingerprint density at radius 2 is 2.28 bits per heavy atom. The average molecular weight is 262 g/mol. The fourth-order valence-electron chi connectivity index (χ4n) is 1.67. The lowest BCUT2D eigenvalue weighted by molar-refractivity contribution is 0.0783. The van der Waals surface area contributed by atoms with E-state index in [-0.39, 0.29) is 5.91 Å². The van der Waals surface area contributed by atoms with Crippen molar-refractivity contribution in [1.82, 2.24) is 14.9 Å². The number of aromatic nitrogens is 2. The van der Waals surface area contributed by atoms with Gasteiger partial charge < -0.3 is 10.6 Å². The summed E-state index contributed by atoms with van der Waals surface area (Å²) in [6.07, 6.45) is 0. The van der Waals surface area contributed by atoms with E-state index in [1.807, 2.05) is 12.3 Å². The zero-order chi connectivity index (χ0) is 13.1. The highest BCUT2D eigenvalue weighted by Crippen LogP contribution is 2.11. The van der Waals surface area contributed by atoms with Crippen LogP contribution < -0.4 is 5.73 Å². The molecular formula is C12H14N4OS. The van der Waals surface area contributed by atoms with Crippen LogP contribution in [0.5, 0.6) is 0 Å². The number of pyridine rings is 1. The molecule has 2 heterocycles. The Kier molecular flexibility index (Phi) is 3.57. The standard InChI is InChI=1S/C12H14N4OS/c1-8-3-9(4-11(13)15-8)12(17)16(2)5-10-6-18-7-14-10/h3-4,6-7H,5H2,1-2H3,(H2,13,15). The van der Waals surface area contributed by atoms with E-state index >= 15 is 0 Å². The maximum Gasteiger partial charge on any atom is 0.254 e. The van der Waals surface area contributed by atoms with E-state index in [0.717, 1.165) is 11.4 Å². The summed E-state index contributed by atoms with van der Waals surface area (Å²) < 4.78 is 0. The lowest BCUT2D eigenvalue weighted by atomic mass is 10.2. The molecule has 0 bridgehead atoms. The van der Waals surface area contributed by atoms with Crippen molar-refractivity contribution >= 4 is 23.1 Å². The van der Waals surface area contributed by atoms with Crippen LogP contribution in [0.1, 0.15) is 21.7 Å². The molecule has 94 valence electrons. The van der Waals surface area contributed by atoms with E-state index in [1.54, 1.807) is 29.6 Å². The summed E-state index contributed by atoms with van der Waals surface area (Å²) in [7, 11) is 1.74. The van der Waals surface area contributed by atoms with Crippen LogP contribution in [0.4, 0.5) is 5.82 Å². The van der Waals surface area contributed by atoms with Gasteiger partial charge in [-0.1, -0.05) is 0 Å². The van der Waals surface area contributed by atoms with Gasteiger partial charge in [0.1, 0.15) is 5.82 Å². The molecule has 0 saturated carbocycles. The first-order valence-electron chi connectivity index (χ1n) is 5.43. The molecule has 0 radical (unpaired) electrons. The SMILES string of the molecule is Cc1cc(C(=O)N(C)Cc2cscn2)cc(N)n1. The minimum absolute atomic E-state index is 0.0831. The van der Waals surface area contributed by atoms with Gasteiger partial charge in [0.05, 0.1) is 17.7 Å². The van der Waals surface area contributed by atoms with Gasteiger partial charge in [-0.25, -0.2) is 9.97 Å². The number of rotatable bonds is 3. The Labute approximate surface area is 109 Å². The highest BCUT2D eigenvalue weighted by atomic mass is 32.1. The molecule has 18 heavy (non-hydrogen) atoms. The molecule has 0 aliphatic rings. The monoisotopic (exact) mass is 262 g/mol. The highest BCUT2D eigenvalue weighted by Gasteiger charge is 2.14. The Morgan fingerprint density at radius 1 is 1.50 bits per heavy atom. The molecule has 0 aliphatic heterocycles. The third-order valence-electron chi connectivity index (χ3n) is 2.45. The van der Waals surface area contributed by atoms with Crippen molar-refractivity contribution in [3.8, 4) is 0 Å². The summed E-state index contributed by atoms with van der Waals surface area (Å²) in [4.78, 5) is 22.0. The zero-order valence-corrected chi connectivity index (χ0v) is 11.1. The van der Waals surface area contributed by atoms with Crippen molar-refractivity contribution in [2.45, 2.75) is 13.5 Å². The Hall–Kier alpha value is -1.95. The second kappa shape index (κ2) is 5.14. The number of aryl methyl sites for hydroxylation is 1.